The van der Waals surface area contributed by atoms with Crippen molar-refractivity contribution in [3.05, 3.63) is 47.2 Å². The van der Waals surface area contributed by atoms with E-state index in [1.807, 2.05) is 18.2 Å². The lowest BCUT2D eigenvalue weighted by atomic mass is 10.1. The molecule has 1 aromatic rings. The summed E-state index contributed by atoms with van der Waals surface area (Å²) in [4.78, 5) is 37.2. The highest BCUT2D eigenvalue weighted by Gasteiger charge is 2.40. The van der Waals surface area contributed by atoms with Crippen LogP contribution in [0.5, 0.6) is 0 Å². The van der Waals surface area contributed by atoms with Gasteiger partial charge in [-0.25, -0.2) is 9.59 Å². The first-order valence-corrected chi connectivity index (χ1v) is 8.49. The van der Waals surface area contributed by atoms with Crippen molar-refractivity contribution in [2.24, 2.45) is 5.73 Å². The zero-order valence-corrected chi connectivity index (χ0v) is 15.6. The molecule has 1 atom stereocenters. The molecule has 0 radical (unpaired) electrons. The third-order valence-corrected chi connectivity index (χ3v) is 3.87. The largest absolute Gasteiger partial charge is 0.481 e. The lowest BCUT2D eigenvalue weighted by molar-refractivity contribution is -0.150. The summed E-state index contributed by atoms with van der Waals surface area (Å²) in [5, 5.41) is 9.14. The van der Waals surface area contributed by atoms with Gasteiger partial charge in [-0.15, -0.1) is 0 Å². The number of carbonyl (C=O) groups excluding carboxylic acids is 2. The van der Waals surface area contributed by atoms with E-state index in [0.717, 1.165) is 10.5 Å². The SMILES string of the molecule is CC(C)(C)OC(=O)C1=C(N)C(CC(=O)O)N(C(=O)OCc2ccccc2)C1. The number of nitrogens with zero attached hydrogens (tertiary/aromatic N) is 1. The predicted octanol–water partition coefficient (Wildman–Crippen LogP) is 2.04. The van der Waals surface area contributed by atoms with Crippen LogP contribution < -0.4 is 5.73 Å². The van der Waals surface area contributed by atoms with Gasteiger partial charge in [-0.2, -0.15) is 0 Å². The van der Waals surface area contributed by atoms with E-state index >= 15 is 0 Å². The van der Waals surface area contributed by atoms with Crippen molar-refractivity contribution in [1.29, 1.82) is 0 Å². The molecule has 0 bridgehead atoms. The molecule has 1 amide bonds. The first kappa shape index (κ1) is 20.3. The number of ether oxygens (including phenoxy) is 2. The van der Waals surface area contributed by atoms with Gasteiger partial charge in [0.2, 0.25) is 0 Å². The maximum Gasteiger partial charge on any atom is 0.410 e. The van der Waals surface area contributed by atoms with Crippen LogP contribution >= 0.6 is 0 Å². The Hall–Kier alpha value is -3.03. The van der Waals surface area contributed by atoms with Gasteiger partial charge in [0.25, 0.3) is 0 Å². The van der Waals surface area contributed by atoms with Gasteiger partial charge in [0.1, 0.15) is 12.2 Å². The molecule has 8 nitrogen and oxygen atoms in total. The van der Waals surface area contributed by atoms with E-state index in [0.29, 0.717) is 0 Å². The number of carboxylic acid groups (broad SMARTS) is 1. The number of hydrogen-bond acceptors (Lipinski definition) is 6. The Morgan fingerprint density at radius 3 is 2.41 bits per heavy atom. The summed E-state index contributed by atoms with van der Waals surface area (Å²) in [6, 6.07) is 8.09. The van der Waals surface area contributed by atoms with Crippen LogP contribution in [0.1, 0.15) is 32.8 Å². The zero-order valence-electron chi connectivity index (χ0n) is 15.6. The van der Waals surface area contributed by atoms with Crippen LogP contribution in [0, 0.1) is 0 Å². The molecule has 0 aromatic heterocycles. The van der Waals surface area contributed by atoms with Gasteiger partial charge in [-0.1, -0.05) is 30.3 Å². The van der Waals surface area contributed by atoms with Crippen LogP contribution in [-0.2, 0) is 25.7 Å². The monoisotopic (exact) mass is 376 g/mol. The smallest absolute Gasteiger partial charge is 0.410 e. The topological polar surface area (TPSA) is 119 Å². The van der Waals surface area contributed by atoms with E-state index in [1.165, 1.54) is 0 Å². The minimum atomic E-state index is -1.14. The number of carbonyl (C=O) groups is 3. The summed E-state index contributed by atoms with van der Waals surface area (Å²) in [5.74, 6) is -1.82. The van der Waals surface area contributed by atoms with Crippen LogP contribution in [0.2, 0.25) is 0 Å². The first-order valence-electron chi connectivity index (χ1n) is 8.49. The summed E-state index contributed by atoms with van der Waals surface area (Å²) in [7, 11) is 0. The van der Waals surface area contributed by atoms with Gasteiger partial charge in [-0.05, 0) is 26.3 Å². The molecule has 1 aromatic carbocycles. The number of benzene rings is 1. The van der Waals surface area contributed by atoms with Crippen molar-refractivity contribution in [1.82, 2.24) is 4.90 Å². The van der Waals surface area contributed by atoms with Gasteiger partial charge >= 0.3 is 18.0 Å². The molecular weight excluding hydrogens is 352 g/mol. The van der Waals surface area contributed by atoms with Crippen molar-refractivity contribution in [2.75, 3.05) is 6.54 Å². The maximum absolute atomic E-state index is 12.5. The van der Waals surface area contributed by atoms with Gasteiger partial charge in [0, 0.05) is 5.70 Å². The van der Waals surface area contributed by atoms with Gasteiger partial charge in [-0.3, -0.25) is 9.69 Å². The van der Waals surface area contributed by atoms with E-state index < -0.39 is 36.1 Å². The first-order chi connectivity index (χ1) is 12.6. The second-order valence-electron chi connectivity index (χ2n) is 7.22. The fraction of sp³-hybridized carbons (Fsp3) is 0.421. The molecule has 3 N–H and O–H groups in total. The van der Waals surface area contributed by atoms with Crippen LogP contribution in [0.4, 0.5) is 4.79 Å². The molecule has 8 heteroatoms. The van der Waals surface area contributed by atoms with Crippen molar-refractivity contribution >= 4 is 18.0 Å². The fourth-order valence-corrected chi connectivity index (χ4v) is 2.64. The molecule has 0 aliphatic carbocycles. The molecule has 0 spiro atoms. The van der Waals surface area contributed by atoms with Crippen molar-refractivity contribution in [2.45, 2.75) is 45.4 Å². The molecule has 1 aliphatic heterocycles. The highest BCUT2D eigenvalue weighted by molar-refractivity contribution is 5.92. The number of amides is 1. The molecule has 1 unspecified atom stereocenters. The van der Waals surface area contributed by atoms with E-state index in [4.69, 9.17) is 20.3 Å². The maximum atomic E-state index is 12.5. The molecule has 0 saturated carbocycles. The Bertz CT molecular complexity index is 751. The van der Waals surface area contributed by atoms with E-state index in [2.05, 4.69) is 0 Å². The lowest BCUT2D eigenvalue weighted by Crippen LogP contribution is -2.40. The molecule has 2 rings (SSSR count). The summed E-state index contributed by atoms with van der Waals surface area (Å²) < 4.78 is 10.6. The number of carboxylic acids is 1. The third kappa shape index (κ3) is 5.47. The minimum absolute atomic E-state index is 0.0170. The number of nitrogens with two attached hydrogens (primary N) is 1. The highest BCUT2D eigenvalue weighted by Crippen LogP contribution is 2.27. The predicted molar refractivity (Wildman–Crippen MR) is 96.4 cm³/mol. The van der Waals surface area contributed by atoms with Crippen molar-refractivity contribution in [3.63, 3.8) is 0 Å². The average molecular weight is 376 g/mol. The van der Waals surface area contributed by atoms with E-state index in [9.17, 15) is 14.4 Å². The standard InChI is InChI=1S/C19H24N2O6/c1-19(2,3)27-17(24)13-10-21(14(16(13)20)9-15(22)23)18(25)26-11-12-7-5-4-6-8-12/h4-8,14H,9-11,20H2,1-3H3,(H,22,23). The summed E-state index contributed by atoms with van der Waals surface area (Å²) in [6.07, 6.45) is -1.18. The normalized spacial score (nSPS) is 17.0. The van der Waals surface area contributed by atoms with Gasteiger partial charge < -0.3 is 20.3 Å². The highest BCUT2D eigenvalue weighted by atomic mass is 16.6. The second kappa shape index (κ2) is 8.11. The molecule has 1 aliphatic rings. The molecule has 0 fully saturated rings. The minimum Gasteiger partial charge on any atom is -0.481 e. The summed E-state index contributed by atoms with van der Waals surface area (Å²) >= 11 is 0. The average Bonchev–Trinajstić information content (AvgIpc) is 2.89. The van der Waals surface area contributed by atoms with Crippen LogP contribution in [0.15, 0.2) is 41.6 Å². The number of aliphatic carboxylic acids is 1. The van der Waals surface area contributed by atoms with E-state index in [1.54, 1.807) is 32.9 Å². The molecule has 0 saturated heterocycles. The second-order valence-corrected chi connectivity index (χ2v) is 7.22. The molecule has 146 valence electrons. The Kier molecular flexibility index (Phi) is 6.09. The Morgan fingerprint density at radius 2 is 1.85 bits per heavy atom. The molecule has 27 heavy (non-hydrogen) atoms. The van der Waals surface area contributed by atoms with Crippen molar-refractivity contribution < 1.29 is 29.0 Å². The fourth-order valence-electron chi connectivity index (χ4n) is 2.64. The Labute approximate surface area is 157 Å². The lowest BCUT2D eigenvalue weighted by Gasteiger charge is -2.24. The summed E-state index contributed by atoms with van der Waals surface area (Å²) in [6.45, 7) is 4.98. The number of rotatable bonds is 5. The van der Waals surface area contributed by atoms with Crippen molar-refractivity contribution in [3.8, 4) is 0 Å². The molecular formula is C19H24N2O6. The zero-order chi connectivity index (χ0) is 20.2. The van der Waals surface area contributed by atoms with Crippen LogP contribution in [0.3, 0.4) is 0 Å². The summed E-state index contributed by atoms with van der Waals surface area (Å²) in [5.41, 5.74) is 6.13. The van der Waals surface area contributed by atoms with Gasteiger partial charge in [0.05, 0.1) is 24.6 Å². The quantitative estimate of drug-likeness (QED) is 0.755. The number of esters is 1. The van der Waals surface area contributed by atoms with Gasteiger partial charge in [0.15, 0.2) is 0 Å². The van der Waals surface area contributed by atoms with Crippen LogP contribution in [-0.4, -0.2) is 46.2 Å². The third-order valence-electron chi connectivity index (χ3n) is 3.87. The molecule has 1 heterocycles. The van der Waals surface area contributed by atoms with Crippen LogP contribution in [0.25, 0.3) is 0 Å². The van der Waals surface area contributed by atoms with E-state index in [-0.39, 0.29) is 24.4 Å². The Balaban J connectivity index is 2.14. The number of hydrogen-bond donors (Lipinski definition) is 2. The Morgan fingerprint density at radius 1 is 1.22 bits per heavy atom.